The van der Waals surface area contributed by atoms with Crippen LogP contribution in [0.4, 0.5) is 0 Å². The lowest BCUT2D eigenvalue weighted by Crippen LogP contribution is -2.40. The van der Waals surface area contributed by atoms with E-state index in [0.717, 1.165) is 17.7 Å². The smallest absolute Gasteiger partial charge is 0.122 e. The fraction of sp³-hybridized carbons (Fsp3) is 0.625. The minimum Gasteiger partial charge on any atom is -0.496 e. The molecular formula is C16H23NO. The lowest BCUT2D eigenvalue weighted by atomic mass is 9.75. The molecule has 98 valence electrons. The molecule has 3 rings (SSSR count). The largest absolute Gasteiger partial charge is 0.496 e. The lowest BCUT2D eigenvalue weighted by Gasteiger charge is -2.37. The molecule has 0 heterocycles. The number of methoxy groups -OCH3 is 1. The first kappa shape index (κ1) is 12.0. The van der Waals surface area contributed by atoms with E-state index in [9.17, 15) is 0 Å². The Kier molecular flexibility index (Phi) is 3.55. The van der Waals surface area contributed by atoms with Crippen molar-refractivity contribution in [1.82, 2.24) is 5.32 Å². The minimum atomic E-state index is 0.694. The first-order valence-corrected chi connectivity index (χ1v) is 7.23. The van der Waals surface area contributed by atoms with Gasteiger partial charge in [0.25, 0.3) is 0 Å². The summed E-state index contributed by atoms with van der Waals surface area (Å²) in [5, 5.41) is 3.69. The lowest BCUT2D eigenvalue weighted by molar-refractivity contribution is 0.281. The van der Waals surface area contributed by atoms with E-state index in [1.807, 2.05) is 6.07 Å². The second-order valence-electron chi connectivity index (χ2n) is 5.79. The summed E-state index contributed by atoms with van der Waals surface area (Å²) >= 11 is 0. The average Bonchev–Trinajstić information content (AvgIpc) is 3.16. The molecule has 2 aliphatic rings. The third kappa shape index (κ3) is 2.69. The predicted octanol–water partition coefficient (Wildman–Crippen LogP) is 3.33. The van der Waals surface area contributed by atoms with E-state index in [-0.39, 0.29) is 0 Å². The molecule has 1 N–H and O–H groups in total. The molecule has 2 fully saturated rings. The van der Waals surface area contributed by atoms with Crippen molar-refractivity contribution in [2.45, 2.75) is 44.1 Å². The summed E-state index contributed by atoms with van der Waals surface area (Å²) in [6, 6.07) is 9.18. The number of hydrogen-bond acceptors (Lipinski definition) is 2. The van der Waals surface area contributed by atoms with Crippen molar-refractivity contribution in [2.75, 3.05) is 13.7 Å². The second kappa shape index (κ2) is 5.31. The van der Waals surface area contributed by atoms with Crippen molar-refractivity contribution in [3.05, 3.63) is 29.8 Å². The number of rotatable bonds is 6. The van der Waals surface area contributed by atoms with Crippen LogP contribution in [0.15, 0.2) is 24.3 Å². The van der Waals surface area contributed by atoms with Gasteiger partial charge in [-0.1, -0.05) is 31.0 Å². The summed E-state index contributed by atoms with van der Waals surface area (Å²) in [4.78, 5) is 0. The molecule has 2 aliphatic carbocycles. The highest BCUT2D eigenvalue weighted by atomic mass is 16.5. The molecule has 18 heavy (non-hydrogen) atoms. The van der Waals surface area contributed by atoms with Gasteiger partial charge < -0.3 is 10.1 Å². The Labute approximate surface area is 110 Å². The van der Waals surface area contributed by atoms with Crippen molar-refractivity contribution >= 4 is 0 Å². The molecule has 2 heteroatoms. The molecular weight excluding hydrogens is 222 g/mol. The Bertz CT molecular complexity index is 394. The van der Waals surface area contributed by atoms with Gasteiger partial charge in [0.2, 0.25) is 0 Å². The van der Waals surface area contributed by atoms with E-state index < -0.39 is 0 Å². The summed E-state index contributed by atoms with van der Waals surface area (Å²) in [6.45, 7) is 1.22. The quantitative estimate of drug-likeness (QED) is 0.830. The third-order valence-electron chi connectivity index (χ3n) is 4.40. The average molecular weight is 245 g/mol. The molecule has 0 spiro atoms. The van der Waals surface area contributed by atoms with Crippen molar-refractivity contribution in [1.29, 1.82) is 0 Å². The number of nitrogens with one attached hydrogen (secondary N) is 1. The van der Waals surface area contributed by atoms with Crippen LogP contribution in [0.25, 0.3) is 0 Å². The van der Waals surface area contributed by atoms with Crippen molar-refractivity contribution in [3.63, 3.8) is 0 Å². The van der Waals surface area contributed by atoms with Gasteiger partial charge in [-0.2, -0.15) is 0 Å². The van der Waals surface area contributed by atoms with E-state index in [1.54, 1.807) is 7.11 Å². The normalized spacial score (nSPS) is 26.7. The standard InChI is InChI=1S/C16H23NO/c1-18-16-5-3-2-4-15(16)13-10-14(11-13)17-9-8-12-6-7-12/h2-5,12-14,17H,6-11H2,1H3. The molecule has 1 aromatic rings. The molecule has 0 unspecified atom stereocenters. The second-order valence-corrected chi connectivity index (χ2v) is 5.79. The Morgan fingerprint density at radius 1 is 1.22 bits per heavy atom. The van der Waals surface area contributed by atoms with Crippen LogP contribution in [-0.4, -0.2) is 19.7 Å². The molecule has 0 aliphatic heterocycles. The van der Waals surface area contributed by atoms with Crippen LogP contribution < -0.4 is 10.1 Å². The van der Waals surface area contributed by atoms with E-state index >= 15 is 0 Å². The summed E-state index contributed by atoms with van der Waals surface area (Å²) in [5.74, 6) is 2.79. The van der Waals surface area contributed by atoms with Gasteiger partial charge in [-0.05, 0) is 49.3 Å². The maximum Gasteiger partial charge on any atom is 0.122 e. The summed E-state index contributed by atoms with van der Waals surface area (Å²) < 4.78 is 5.44. The molecule has 0 radical (unpaired) electrons. The molecule has 1 aromatic carbocycles. The maximum atomic E-state index is 5.44. The fourth-order valence-corrected chi connectivity index (χ4v) is 2.94. The number of ether oxygens (including phenoxy) is 1. The van der Waals surface area contributed by atoms with Crippen LogP contribution >= 0.6 is 0 Å². The Morgan fingerprint density at radius 3 is 2.72 bits per heavy atom. The molecule has 0 aromatic heterocycles. The van der Waals surface area contributed by atoms with Crippen LogP contribution in [0.2, 0.25) is 0 Å². The van der Waals surface area contributed by atoms with Gasteiger partial charge in [0.1, 0.15) is 5.75 Å². The van der Waals surface area contributed by atoms with E-state index in [1.165, 1.54) is 44.2 Å². The number of hydrogen-bond donors (Lipinski definition) is 1. The van der Waals surface area contributed by atoms with Crippen LogP contribution in [-0.2, 0) is 0 Å². The highest BCUT2D eigenvalue weighted by Crippen LogP contribution is 2.41. The Morgan fingerprint density at radius 2 is 2.00 bits per heavy atom. The zero-order valence-electron chi connectivity index (χ0n) is 11.2. The zero-order valence-corrected chi connectivity index (χ0v) is 11.2. The molecule has 2 nitrogen and oxygen atoms in total. The zero-order chi connectivity index (χ0) is 12.4. The van der Waals surface area contributed by atoms with Crippen LogP contribution in [0.1, 0.15) is 43.6 Å². The van der Waals surface area contributed by atoms with E-state index in [0.29, 0.717) is 5.92 Å². The monoisotopic (exact) mass is 245 g/mol. The van der Waals surface area contributed by atoms with Gasteiger partial charge in [-0.3, -0.25) is 0 Å². The van der Waals surface area contributed by atoms with Crippen molar-refractivity contribution in [3.8, 4) is 5.75 Å². The summed E-state index contributed by atoms with van der Waals surface area (Å²) in [5.41, 5.74) is 1.39. The highest BCUT2D eigenvalue weighted by molar-refractivity contribution is 5.37. The molecule has 2 saturated carbocycles. The van der Waals surface area contributed by atoms with E-state index in [2.05, 4.69) is 23.5 Å². The molecule has 0 atom stereocenters. The number of para-hydroxylation sites is 1. The number of benzene rings is 1. The topological polar surface area (TPSA) is 21.3 Å². The fourth-order valence-electron chi connectivity index (χ4n) is 2.94. The third-order valence-corrected chi connectivity index (χ3v) is 4.40. The first-order chi connectivity index (χ1) is 8.86. The maximum absolute atomic E-state index is 5.44. The molecule has 0 bridgehead atoms. The van der Waals surface area contributed by atoms with Crippen molar-refractivity contribution in [2.24, 2.45) is 5.92 Å². The molecule has 0 amide bonds. The summed E-state index contributed by atoms with van der Waals surface area (Å²) in [6.07, 6.45) is 6.86. The first-order valence-electron chi connectivity index (χ1n) is 7.23. The van der Waals surface area contributed by atoms with Crippen LogP contribution in [0.3, 0.4) is 0 Å². The van der Waals surface area contributed by atoms with E-state index in [4.69, 9.17) is 4.74 Å². The van der Waals surface area contributed by atoms with Gasteiger partial charge in [0.05, 0.1) is 7.11 Å². The van der Waals surface area contributed by atoms with Gasteiger partial charge in [-0.15, -0.1) is 0 Å². The summed E-state index contributed by atoms with van der Waals surface area (Å²) in [7, 11) is 1.77. The Hall–Kier alpha value is -1.02. The minimum absolute atomic E-state index is 0.694. The van der Waals surface area contributed by atoms with Gasteiger partial charge in [-0.25, -0.2) is 0 Å². The van der Waals surface area contributed by atoms with Gasteiger partial charge in [0, 0.05) is 6.04 Å². The molecule has 0 saturated heterocycles. The predicted molar refractivity (Wildman–Crippen MR) is 74.1 cm³/mol. The van der Waals surface area contributed by atoms with Crippen LogP contribution in [0, 0.1) is 5.92 Å². The van der Waals surface area contributed by atoms with Crippen LogP contribution in [0.5, 0.6) is 5.75 Å². The SMILES string of the molecule is COc1ccccc1C1CC(NCCC2CC2)C1. The highest BCUT2D eigenvalue weighted by Gasteiger charge is 2.31. The van der Waals surface area contributed by atoms with Crippen molar-refractivity contribution < 1.29 is 4.74 Å². The van der Waals surface area contributed by atoms with Gasteiger partial charge >= 0.3 is 0 Å². The van der Waals surface area contributed by atoms with Gasteiger partial charge in [0.15, 0.2) is 0 Å². The Balaban J connectivity index is 1.45.